The highest BCUT2D eigenvalue weighted by Crippen LogP contribution is 2.56. The summed E-state index contributed by atoms with van der Waals surface area (Å²) in [6, 6.07) is 67.8. The highest BCUT2D eigenvalue weighted by atomic mass is 14.4. The highest BCUT2D eigenvalue weighted by Gasteiger charge is 2.38. The molecule has 53 heavy (non-hydrogen) atoms. The summed E-state index contributed by atoms with van der Waals surface area (Å²) in [6.45, 7) is 4.78. The number of rotatable bonds is 3. The van der Waals surface area contributed by atoms with Gasteiger partial charge in [0.05, 0.1) is 0 Å². The van der Waals surface area contributed by atoms with Crippen molar-refractivity contribution in [2.75, 3.05) is 0 Å². The molecule has 0 aliphatic heterocycles. The molecule has 0 bridgehead atoms. The SMILES string of the molecule is CC1(C)c2cccc(-c3c4ccccc4c(-c4ccc(-c5cc6ccccc6c6ccccc56)cc4)c4ccccc34)c2-c2c1ccc1ccccc21. The van der Waals surface area contributed by atoms with Crippen LogP contribution in [0.1, 0.15) is 25.0 Å². The van der Waals surface area contributed by atoms with Gasteiger partial charge in [-0.05, 0) is 116 Å². The van der Waals surface area contributed by atoms with E-state index in [0.29, 0.717) is 0 Å². The Morgan fingerprint density at radius 2 is 0.792 bits per heavy atom. The maximum absolute atomic E-state index is 2.39. The first-order chi connectivity index (χ1) is 26.1. The van der Waals surface area contributed by atoms with Gasteiger partial charge in [-0.25, -0.2) is 0 Å². The van der Waals surface area contributed by atoms with Crippen LogP contribution in [-0.2, 0) is 5.41 Å². The molecule has 248 valence electrons. The molecule has 0 unspecified atom stereocenters. The molecular formula is C53H36. The van der Waals surface area contributed by atoms with E-state index >= 15 is 0 Å². The average molecular weight is 673 g/mol. The molecule has 0 aromatic heterocycles. The predicted octanol–water partition coefficient (Wildman–Crippen LogP) is 14.8. The molecule has 0 heteroatoms. The van der Waals surface area contributed by atoms with Crippen LogP contribution in [0.25, 0.3) is 98.4 Å². The lowest BCUT2D eigenvalue weighted by Crippen LogP contribution is -2.14. The van der Waals surface area contributed by atoms with Gasteiger partial charge in [-0.15, -0.1) is 0 Å². The molecule has 1 aliphatic carbocycles. The van der Waals surface area contributed by atoms with Gasteiger partial charge in [0.2, 0.25) is 0 Å². The summed E-state index contributed by atoms with van der Waals surface area (Å²) in [5.41, 5.74) is 13.1. The monoisotopic (exact) mass is 672 g/mol. The van der Waals surface area contributed by atoms with Crippen molar-refractivity contribution < 1.29 is 0 Å². The second-order valence-electron chi connectivity index (χ2n) is 15.2. The topological polar surface area (TPSA) is 0 Å². The minimum atomic E-state index is -0.103. The molecule has 0 atom stereocenters. The summed E-state index contributed by atoms with van der Waals surface area (Å²) in [6.07, 6.45) is 0. The summed E-state index contributed by atoms with van der Waals surface area (Å²) >= 11 is 0. The normalized spacial score (nSPS) is 13.2. The smallest absolute Gasteiger partial charge is 0.0159 e. The van der Waals surface area contributed by atoms with Gasteiger partial charge in [0.25, 0.3) is 0 Å². The minimum Gasteiger partial charge on any atom is -0.0616 e. The fourth-order valence-corrected chi connectivity index (χ4v) is 9.60. The number of hydrogen-bond donors (Lipinski definition) is 0. The second kappa shape index (κ2) is 11.2. The predicted molar refractivity (Wildman–Crippen MR) is 228 cm³/mol. The van der Waals surface area contributed by atoms with E-state index in [4.69, 9.17) is 0 Å². The van der Waals surface area contributed by atoms with E-state index in [2.05, 4.69) is 196 Å². The van der Waals surface area contributed by atoms with Crippen molar-refractivity contribution in [2.24, 2.45) is 0 Å². The molecule has 0 nitrogen and oxygen atoms in total. The van der Waals surface area contributed by atoms with Crippen LogP contribution < -0.4 is 0 Å². The Morgan fingerprint density at radius 1 is 0.283 bits per heavy atom. The van der Waals surface area contributed by atoms with Crippen LogP contribution in [0.15, 0.2) is 182 Å². The molecule has 10 aromatic carbocycles. The zero-order chi connectivity index (χ0) is 35.3. The van der Waals surface area contributed by atoms with E-state index in [0.717, 1.165) is 0 Å². The quantitative estimate of drug-likeness (QED) is 0.129. The Hall–Kier alpha value is -6.50. The van der Waals surface area contributed by atoms with Crippen LogP contribution in [0.2, 0.25) is 0 Å². The Kier molecular flexibility index (Phi) is 6.40. The molecule has 11 rings (SSSR count). The van der Waals surface area contributed by atoms with Crippen LogP contribution in [0.5, 0.6) is 0 Å². The van der Waals surface area contributed by atoms with E-state index in [1.165, 1.54) is 109 Å². The zero-order valence-corrected chi connectivity index (χ0v) is 29.8. The molecule has 10 aromatic rings. The standard InChI is InChI=1S/C53H36/c1-53(2)47-25-13-24-45(52(47)51-38-17-6-3-14-33(38)30-31-48(51)53)50-43-22-11-9-20-41(43)49(42-21-10-12-23-44(42)50)35-28-26-34(27-29-35)46-32-36-15-4-5-16-37(36)39-18-7-8-19-40(39)46/h3-32H,1-2H3. The lowest BCUT2D eigenvalue weighted by Gasteiger charge is -2.22. The molecule has 0 fully saturated rings. The lowest BCUT2D eigenvalue weighted by molar-refractivity contribution is 0.661. The van der Waals surface area contributed by atoms with Crippen molar-refractivity contribution in [1.82, 2.24) is 0 Å². The summed E-state index contributed by atoms with van der Waals surface area (Å²) in [5, 5.41) is 12.9. The minimum absolute atomic E-state index is 0.103. The molecule has 0 N–H and O–H groups in total. The van der Waals surface area contributed by atoms with Gasteiger partial charge in [-0.1, -0.05) is 190 Å². The van der Waals surface area contributed by atoms with E-state index in [9.17, 15) is 0 Å². The summed E-state index contributed by atoms with van der Waals surface area (Å²) in [7, 11) is 0. The van der Waals surface area contributed by atoms with E-state index < -0.39 is 0 Å². The average Bonchev–Trinajstić information content (AvgIpc) is 3.46. The molecular weight excluding hydrogens is 637 g/mol. The summed E-state index contributed by atoms with van der Waals surface area (Å²) in [4.78, 5) is 0. The van der Waals surface area contributed by atoms with Crippen molar-refractivity contribution in [2.45, 2.75) is 19.3 Å². The third-order valence-corrected chi connectivity index (χ3v) is 12.0. The molecule has 0 heterocycles. The first-order valence-corrected chi connectivity index (χ1v) is 18.7. The van der Waals surface area contributed by atoms with Gasteiger partial charge in [-0.2, -0.15) is 0 Å². The van der Waals surface area contributed by atoms with Crippen molar-refractivity contribution in [1.29, 1.82) is 0 Å². The maximum Gasteiger partial charge on any atom is 0.0159 e. The third kappa shape index (κ3) is 4.30. The van der Waals surface area contributed by atoms with Crippen LogP contribution in [0.4, 0.5) is 0 Å². The molecule has 0 saturated carbocycles. The van der Waals surface area contributed by atoms with Gasteiger partial charge in [-0.3, -0.25) is 0 Å². The largest absolute Gasteiger partial charge is 0.0616 e. The Bertz CT molecular complexity index is 3060. The van der Waals surface area contributed by atoms with Gasteiger partial charge in [0.1, 0.15) is 0 Å². The fraction of sp³-hybridized carbons (Fsp3) is 0.0566. The van der Waals surface area contributed by atoms with Crippen molar-refractivity contribution >= 4 is 53.9 Å². The number of fused-ring (bicyclic) bond motifs is 10. The first kappa shape index (κ1) is 30.2. The van der Waals surface area contributed by atoms with Crippen LogP contribution >= 0.6 is 0 Å². The Morgan fingerprint density at radius 3 is 1.47 bits per heavy atom. The van der Waals surface area contributed by atoms with E-state index in [-0.39, 0.29) is 5.41 Å². The molecule has 0 amide bonds. The van der Waals surface area contributed by atoms with Gasteiger partial charge in [0.15, 0.2) is 0 Å². The molecule has 0 spiro atoms. The fourth-order valence-electron chi connectivity index (χ4n) is 9.60. The van der Waals surface area contributed by atoms with Crippen LogP contribution in [0.3, 0.4) is 0 Å². The number of hydrogen-bond acceptors (Lipinski definition) is 0. The third-order valence-electron chi connectivity index (χ3n) is 12.0. The summed E-state index contributed by atoms with van der Waals surface area (Å²) < 4.78 is 0. The molecule has 0 saturated heterocycles. The first-order valence-electron chi connectivity index (χ1n) is 18.7. The lowest BCUT2D eigenvalue weighted by atomic mass is 9.80. The molecule has 1 aliphatic rings. The highest BCUT2D eigenvalue weighted by molar-refractivity contribution is 6.23. The second-order valence-corrected chi connectivity index (χ2v) is 15.2. The number of benzene rings is 10. The van der Waals surface area contributed by atoms with Crippen LogP contribution in [-0.4, -0.2) is 0 Å². The molecule has 0 radical (unpaired) electrons. The van der Waals surface area contributed by atoms with Crippen molar-refractivity contribution in [3.8, 4) is 44.5 Å². The zero-order valence-electron chi connectivity index (χ0n) is 29.8. The Labute approximate surface area is 309 Å². The summed E-state index contributed by atoms with van der Waals surface area (Å²) in [5.74, 6) is 0. The van der Waals surface area contributed by atoms with Gasteiger partial charge in [0, 0.05) is 5.41 Å². The Balaban J connectivity index is 1.16. The van der Waals surface area contributed by atoms with E-state index in [1.807, 2.05) is 0 Å². The van der Waals surface area contributed by atoms with E-state index in [1.54, 1.807) is 0 Å². The van der Waals surface area contributed by atoms with Gasteiger partial charge >= 0.3 is 0 Å². The van der Waals surface area contributed by atoms with Crippen molar-refractivity contribution in [3.05, 3.63) is 193 Å². The van der Waals surface area contributed by atoms with Crippen molar-refractivity contribution in [3.63, 3.8) is 0 Å². The van der Waals surface area contributed by atoms with Crippen LogP contribution in [0, 0.1) is 0 Å². The maximum atomic E-state index is 2.39. The van der Waals surface area contributed by atoms with Gasteiger partial charge < -0.3 is 0 Å².